The molecule has 1 aliphatic rings. The normalized spacial score (nSPS) is 19.6. The van der Waals surface area contributed by atoms with E-state index in [-0.39, 0.29) is 11.8 Å². The minimum atomic E-state index is 0.0441. The number of hydrogen-bond donors (Lipinski definition) is 1. The van der Waals surface area contributed by atoms with Gasteiger partial charge < -0.3 is 10.1 Å². The molecule has 0 bridgehead atoms. The van der Waals surface area contributed by atoms with Gasteiger partial charge in [-0.15, -0.1) is 0 Å². The van der Waals surface area contributed by atoms with E-state index < -0.39 is 0 Å². The Bertz CT molecular complexity index is 697. The van der Waals surface area contributed by atoms with Crippen molar-refractivity contribution in [1.82, 2.24) is 0 Å². The van der Waals surface area contributed by atoms with Crippen LogP contribution in [0.15, 0.2) is 42.5 Å². The van der Waals surface area contributed by atoms with Crippen molar-refractivity contribution in [3.05, 3.63) is 58.6 Å². The maximum absolute atomic E-state index is 12.4. The minimum absolute atomic E-state index is 0.0441. The fourth-order valence-electron chi connectivity index (χ4n) is 2.69. The summed E-state index contributed by atoms with van der Waals surface area (Å²) in [6.45, 7) is 1.96. The van der Waals surface area contributed by atoms with Crippen molar-refractivity contribution in [2.45, 2.75) is 19.3 Å². The number of carbonyl (C=O) groups is 1. The van der Waals surface area contributed by atoms with Crippen LogP contribution in [0.1, 0.15) is 23.5 Å². The third-order valence-electron chi connectivity index (χ3n) is 4.12. The number of methoxy groups -OCH3 is 1. The second kappa shape index (κ2) is 6.01. The first-order valence-electron chi connectivity index (χ1n) is 7.29. The molecule has 0 aromatic heterocycles. The molecule has 0 spiro atoms. The van der Waals surface area contributed by atoms with Crippen molar-refractivity contribution in [3.8, 4) is 5.75 Å². The molecular weight excluding hydrogens is 298 g/mol. The van der Waals surface area contributed by atoms with Crippen LogP contribution in [-0.2, 0) is 4.79 Å². The Labute approximate surface area is 135 Å². The number of halogens is 1. The van der Waals surface area contributed by atoms with E-state index in [9.17, 15) is 4.79 Å². The van der Waals surface area contributed by atoms with Crippen LogP contribution in [0.25, 0.3) is 0 Å². The zero-order valence-corrected chi connectivity index (χ0v) is 13.4. The van der Waals surface area contributed by atoms with Gasteiger partial charge in [0.25, 0.3) is 0 Å². The van der Waals surface area contributed by atoms with E-state index in [1.807, 2.05) is 49.4 Å². The van der Waals surface area contributed by atoms with E-state index >= 15 is 0 Å². The highest BCUT2D eigenvalue weighted by Crippen LogP contribution is 2.48. The maximum atomic E-state index is 12.4. The predicted octanol–water partition coefficient (Wildman–Crippen LogP) is 4.40. The van der Waals surface area contributed by atoms with Crippen LogP contribution in [0.4, 0.5) is 5.69 Å². The lowest BCUT2D eigenvalue weighted by atomic mass is 10.1. The summed E-state index contributed by atoms with van der Waals surface area (Å²) in [5.74, 6) is 1.22. The number of ether oxygens (including phenoxy) is 1. The summed E-state index contributed by atoms with van der Waals surface area (Å²) in [6, 6.07) is 13.4. The highest BCUT2D eigenvalue weighted by Gasteiger charge is 2.43. The van der Waals surface area contributed by atoms with Crippen LogP contribution in [0.3, 0.4) is 0 Å². The number of rotatable bonds is 4. The molecule has 4 heteroatoms. The largest absolute Gasteiger partial charge is 0.497 e. The Balaban J connectivity index is 1.65. The molecule has 114 valence electrons. The average molecular weight is 316 g/mol. The summed E-state index contributed by atoms with van der Waals surface area (Å²) < 4.78 is 5.18. The third kappa shape index (κ3) is 3.09. The molecule has 2 aromatic carbocycles. The van der Waals surface area contributed by atoms with Gasteiger partial charge in [0.2, 0.25) is 5.91 Å². The van der Waals surface area contributed by atoms with Crippen molar-refractivity contribution in [2.24, 2.45) is 5.92 Å². The molecule has 1 amide bonds. The summed E-state index contributed by atoms with van der Waals surface area (Å²) in [5.41, 5.74) is 3.01. The second-order valence-electron chi connectivity index (χ2n) is 5.67. The molecule has 0 radical (unpaired) electrons. The van der Waals surface area contributed by atoms with E-state index in [0.717, 1.165) is 28.4 Å². The summed E-state index contributed by atoms with van der Waals surface area (Å²) >= 11 is 5.90. The fourth-order valence-corrected chi connectivity index (χ4v) is 2.82. The number of nitrogens with one attached hydrogen (secondary N) is 1. The van der Waals surface area contributed by atoms with Gasteiger partial charge in [-0.25, -0.2) is 0 Å². The molecule has 1 aliphatic carbocycles. The Hall–Kier alpha value is -2.00. The second-order valence-corrected chi connectivity index (χ2v) is 6.11. The molecule has 22 heavy (non-hydrogen) atoms. The summed E-state index contributed by atoms with van der Waals surface area (Å²) in [6.07, 6.45) is 0.892. The molecule has 2 aromatic rings. The molecule has 0 saturated heterocycles. The van der Waals surface area contributed by atoms with Gasteiger partial charge in [-0.2, -0.15) is 0 Å². The number of hydrogen-bond acceptors (Lipinski definition) is 2. The number of aryl methyl sites for hydroxylation is 1. The van der Waals surface area contributed by atoms with Crippen molar-refractivity contribution < 1.29 is 9.53 Å². The van der Waals surface area contributed by atoms with Gasteiger partial charge in [-0.05, 0) is 60.7 Å². The summed E-state index contributed by atoms with van der Waals surface area (Å²) in [4.78, 5) is 12.4. The van der Waals surface area contributed by atoms with Crippen LogP contribution in [0.5, 0.6) is 5.75 Å². The van der Waals surface area contributed by atoms with Crippen molar-refractivity contribution in [3.63, 3.8) is 0 Å². The zero-order chi connectivity index (χ0) is 15.7. The highest BCUT2D eigenvalue weighted by atomic mass is 35.5. The fraction of sp³-hybridized carbons (Fsp3) is 0.278. The van der Waals surface area contributed by atoms with E-state index in [2.05, 4.69) is 5.32 Å². The van der Waals surface area contributed by atoms with E-state index in [0.29, 0.717) is 5.92 Å². The first-order valence-corrected chi connectivity index (χ1v) is 7.67. The molecule has 0 aliphatic heterocycles. The lowest BCUT2D eigenvalue weighted by Crippen LogP contribution is -2.15. The van der Waals surface area contributed by atoms with E-state index in [1.54, 1.807) is 7.11 Å². The number of anilines is 1. The Morgan fingerprint density at radius 1 is 1.23 bits per heavy atom. The van der Waals surface area contributed by atoms with Crippen molar-refractivity contribution in [2.75, 3.05) is 12.4 Å². The standard InChI is InChI=1S/C18H18ClNO2/c1-11-9-14(22-2)7-8-17(11)20-18(21)16-10-15(16)12-3-5-13(19)6-4-12/h3-9,15-16H,10H2,1-2H3,(H,20,21)/t15-,16+/m0/s1. The van der Waals surface area contributed by atoms with Gasteiger partial charge in [-0.3, -0.25) is 4.79 Å². The van der Waals surface area contributed by atoms with E-state index in [4.69, 9.17) is 16.3 Å². The Morgan fingerprint density at radius 2 is 1.95 bits per heavy atom. The quantitative estimate of drug-likeness (QED) is 0.908. The van der Waals surface area contributed by atoms with Crippen molar-refractivity contribution >= 4 is 23.2 Å². The highest BCUT2D eigenvalue weighted by molar-refractivity contribution is 6.30. The Kier molecular flexibility index (Phi) is 4.08. The summed E-state index contributed by atoms with van der Waals surface area (Å²) in [7, 11) is 1.63. The average Bonchev–Trinajstić information content (AvgIpc) is 3.30. The lowest BCUT2D eigenvalue weighted by molar-refractivity contribution is -0.117. The Morgan fingerprint density at radius 3 is 2.59 bits per heavy atom. The maximum Gasteiger partial charge on any atom is 0.228 e. The lowest BCUT2D eigenvalue weighted by Gasteiger charge is -2.10. The minimum Gasteiger partial charge on any atom is -0.497 e. The van der Waals surface area contributed by atoms with E-state index in [1.165, 1.54) is 5.56 Å². The van der Waals surface area contributed by atoms with Gasteiger partial charge >= 0.3 is 0 Å². The van der Waals surface area contributed by atoms with Crippen LogP contribution in [-0.4, -0.2) is 13.0 Å². The topological polar surface area (TPSA) is 38.3 Å². The van der Waals surface area contributed by atoms with Gasteiger partial charge in [-0.1, -0.05) is 23.7 Å². The molecule has 2 atom stereocenters. The van der Waals surface area contributed by atoms with Crippen LogP contribution >= 0.6 is 11.6 Å². The monoisotopic (exact) mass is 315 g/mol. The van der Waals surface area contributed by atoms with Gasteiger partial charge in [0.1, 0.15) is 5.75 Å². The molecular formula is C18H18ClNO2. The first-order chi connectivity index (χ1) is 10.6. The molecule has 1 saturated carbocycles. The van der Waals surface area contributed by atoms with Gasteiger partial charge in [0, 0.05) is 16.6 Å². The van der Waals surface area contributed by atoms with Gasteiger partial charge in [0.05, 0.1) is 7.11 Å². The molecule has 0 heterocycles. The molecule has 0 unspecified atom stereocenters. The first kappa shape index (κ1) is 14.9. The van der Waals surface area contributed by atoms with Crippen LogP contribution in [0, 0.1) is 12.8 Å². The molecule has 3 rings (SSSR count). The molecule has 1 N–H and O–H groups in total. The molecule has 1 fully saturated rings. The zero-order valence-electron chi connectivity index (χ0n) is 12.6. The number of amides is 1. The van der Waals surface area contributed by atoms with Crippen LogP contribution < -0.4 is 10.1 Å². The SMILES string of the molecule is COc1ccc(NC(=O)[C@@H]2C[C@H]2c2ccc(Cl)cc2)c(C)c1. The third-order valence-corrected chi connectivity index (χ3v) is 4.37. The van der Waals surface area contributed by atoms with Crippen molar-refractivity contribution in [1.29, 1.82) is 0 Å². The van der Waals surface area contributed by atoms with Gasteiger partial charge in [0.15, 0.2) is 0 Å². The molecule has 3 nitrogen and oxygen atoms in total. The van der Waals surface area contributed by atoms with Crippen LogP contribution in [0.2, 0.25) is 5.02 Å². The smallest absolute Gasteiger partial charge is 0.228 e. The predicted molar refractivity (Wildman–Crippen MR) is 88.7 cm³/mol. The summed E-state index contributed by atoms with van der Waals surface area (Å²) in [5, 5.41) is 3.74. The number of carbonyl (C=O) groups excluding carboxylic acids is 1. The number of benzene rings is 2.